The maximum Gasteiger partial charge on any atom is 0.408 e. The summed E-state index contributed by atoms with van der Waals surface area (Å²) in [6.07, 6.45) is -0.804. The topological polar surface area (TPSA) is 109 Å². The third kappa shape index (κ3) is 5.03. The van der Waals surface area contributed by atoms with Crippen LogP contribution in [0.3, 0.4) is 0 Å². The van der Waals surface area contributed by atoms with Gasteiger partial charge in [-0.25, -0.2) is 9.59 Å². The van der Waals surface area contributed by atoms with Gasteiger partial charge in [-0.15, -0.1) is 0 Å². The van der Waals surface area contributed by atoms with Crippen LogP contribution in [0.1, 0.15) is 38.1 Å². The lowest BCUT2D eigenvalue weighted by atomic mass is 10.0. The van der Waals surface area contributed by atoms with E-state index >= 15 is 0 Å². The standard InChI is InChI=1S/C14H20N2O5/c1-8-9(6-5-7-15-8)11(17)10(12(18)19)16-13(20)21-14(2,3)4/h5-7,10-11,17H,1-4H3,(H,16,20)(H,18,19)/t10-,11+/m1/s1. The van der Waals surface area contributed by atoms with Gasteiger partial charge in [-0.3, -0.25) is 4.98 Å². The molecule has 0 saturated heterocycles. The Balaban J connectivity index is 2.90. The van der Waals surface area contributed by atoms with Crippen molar-refractivity contribution in [3.8, 4) is 0 Å². The molecule has 1 heterocycles. The van der Waals surface area contributed by atoms with Gasteiger partial charge in [-0.05, 0) is 33.8 Å². The molecule has 2 atom stereocenters. The van der Waals surface area contributed by atoms with E-state index in [9.17, 15) is 19.8 Å². The fourth-order valence-electron chi connectivity index (χ4n) is 1.70. The number of aliphatic hydroxyl groups excluding tert-OH is 1. The molecule has 1 amide bonds. The smallest absolute Gasteiger partial charge is 0.408 e. The first-order valence-corrected chi connectivity index (χ1v) is 6.43. The van der Waals surface area contributed by atoms with Crippen molar-refractivity contribution in [2.45, 2.75) is 45.4 Å². The Bertz CT molecular complexity index is 524. The number of carbonyl (C=O) groups is 2. The maximum absolute atomic E-state index is 11.7. The molecule has 1 rings (SSSR count). The van der Waals surface area contributed by atoms with Crippen molar-refractivity contribution in [3.63, 3.8) is 0 Å². The Morgan fingerprint density at radius 2 is 2.00 bits per heavy atom. The van der Waals surface area contributed by atoms with Crippen LogP contribution < -0.4 is 5.32 Å². The molecule has 1 aromatic rings. The summed E-state index contributed by atoms with van der Waals surface area (Å²) in [7, 11) is 0. The van der Waals surface area contributed by atoms with Gasteiger partial charge in [0.2, 0.25) is 0 Å². The molecule has 0 bridgehead atoms. The Labute approximate surface area is 123 Å². The number of alkyl carbamates (subject to hydrolysis) is 1. The van der Waals surface area contributed by atoms with E-state index < -0.39 is 29.8 Å². The Morgan fingerprint density at radius 3 is 2.48 bits per heavy atom. The predicted octanol–water partition coefficient (Wildman–Crippen LogP) is 1.40. The van der Waals surface area contributed by atoms with E-state index in [1.165, 1.54) is 6.20 Å². The van der Waals surface area contributed by atoms with Crippen molar-refractivity contribution in [3.05, 3.63) is 29.6 Å². The maximum atomic E-state index is 11.7. The number of carboxylic acid groups (broad SMARTS) is 1. The molecule has 0 fully saturated rings. The molecule has 0 aromatic carbocycles. The number of carbonyl (C=O) groups excluding carboxylic acids is 1. The summed E-state index contributed by atoms with van der Waals surface area (Å²) in [5.74, 6) is -1.36. The third-order valence-corrected chi connectivity index (χ3v) is 2.62. The fourth-order valence-corrected chi connectivity index (χ4v) is 1.70. The van der Waals surface area contributed by atoms with Crippen molar-refractivity contribution in [2.24, 2.45) is 0 Å². The second kappa shape index (κ2) is 6.53. The quantitative estimate of drug-likeness (QED) is 0.775. The molecule has 1 aromatic heterocycles. The van der Waals surface area contributed by atoms with Crippen molar-refractivity contribution in [2.75, 3.05) is 0 Å². The molecule has 0 unspecified atom stereocenters. The number of pyridine rings is 1. The molecule has 0 saturated carbocycles. The minimum atomic E-state index is -1.53. The molecule has 3 N–H and O–H groups in total. The van der Waals surface area contributed by atoms with E-state index in [0.717, 1.165) is 0 Å². The first kappa shape index (κ1) is 16.9. The van der Waals surface area contributed by atoms with Gasteiger partial charge in [0, 0.05) is 17.5 Å². The van der Waals surface area contributed by atoms with Crippen LogP contribution in [0.4, 0.5) is 4.79 Å². The van der Waals surface area contributed by atoms with Crippen molar-refractivity contribution in [1.82, 2.24) is 10.3 Å². The first-order valence-electron chi connectivity index (χ1n) is 6.43. The zero-order valence-corrected chi connectivity index (χ0v) is 12.5. The molecule has 0 radical (unpaired) electrons. The highest BCUT2D eigenvalue weighted by atomic mass is 16.6. The van der Waals surface area contributed by atoms with Gasteiger partial charge in [0.25, 0.3) is 0 Å². The lowest BCUT2D eigenvalue weighted by Gasteiger charge is -2.24. The lowest BCUT2D eigenvalue weighted by molar-refractivity contribution is -0.142. The molecule has 7 heteroatoms. The average molecular weight is 296 g/mol. The van der Waals surface area contributed by atoms with Crippen LogP contribution in [-0.2, 0) is 9.53 Å². The zero-order valence-electron chi connectivity index (χ0n) is 12.5. The number of rotatable bonds is 4. The Kier molecular flexibility index (Phi) is 5.26. The SMILES string of the molecule is Cc1ncccc1[C@H](O)[C@@H](NC(=O)OC(C)(C)C)C(=O)O. The fraction of sp³-hybridized carbons (Fsp3) is 0.500. The van der Waals surface area contributed by atoms with Crippen LogP contribution in [-0.4, -0.2) is 38.9 Å². The summed E-state index contributed by atoms with van der Waals surface area (Å²) < 4.78 is 4.99. The van der Waals surface area contributed by atoms with Gasteiger partial charge in [-0.1, -0.05) is 6.07 Å². The summed E-state index contributed by atoms with van der Waals surface area (Å²) in [5, 5.41) is 21.5. The Morgan fingerprint density at radius 1 is 1.38 bits per heavy atom. The lowest BCUT2D eigenvalue weighted by Crippen LogP contribution is -2.47. The minimum absolute atomic E-state index is 0.334. The van der Waals surface area contributed by atoms with Crippen molar-refractivity contribution < 1.29 is 24.5 Å². The summed E-state index contributed by atoms with van der Waals surface area (Å²) in [6, 6.07) is 1.61. The second-order valence-corrected chi connectivity index (χ2v) is 5.59. The summed E-state index contributed by atoms with van der Waals surface area (Å²) in [5.41, 5.74) is 0.0608. The number of nitrogens with zero attached hydrogens (tertiary/aromatic N) is 1. The number of aliphatic carboxylic acids is 1. The number of aliphatic hydroxyl groups is 1. The van der Waals surface area contributed by atoms with E-state index in [1.807, 2.05) is 0 Å². The molecule has 21 heavy (non-hydrogen) atoms. The normalized spacial score (nSPS) is 14.1. The van der Waals surface area contributed by atoms with Gasteiger partial charge in [0.05, 0.1) is 0 Å². The number of hydrogen-bond acceptors (Lipinski definition) is 5. The summed E-state index contributed by atoms with van der Waals surface area (Å²) in [4.78, 5) is 26.9. The van der Waals surface area contributed by atoms with E-state index in [0.29, 0.717) is 11.3 Å². The summed E-state index contributed by atoms with van der Waals surface area (Å²) in [6.45, 7) is 6.61. The van der Waals surface area contributed by atoms with Crippen LogP contribution in [0.25, 0.3) is 0 Å². The van der Waals surface area contributed by atoms with E-state index in [4.69, 9.17) is 4.74 Å². The predicted molar refractivity (Wildman–Crippen MR) is 74.7 cm³/mol. The number of aromatic nitrogens is 1. The van der Waals surface area contributed by atoms with Crippen molar-refractivity contribution in [1.29, 1.82) is 0 Å². The average Bonchev–Trinajstić information content (AvgIpc) is 2.33. The highest BCUT2D eigenvalue weighted by molar-refractivity contribution is 5.81. The molecule has 7 nitrogen and oxygen atoms in total. The number of hydrogen-bond donors (Lipinski definition) is 3. The number of aryl methyl sites for hydroxylation is 1. The second-order valence-electron chi connectivity index (χ2n) is 5.59. The summed E-state index contributed by atoms with van der Waals surface area (Å²) >= 11 is 0. The van der Waals surface area contributed by atoms with Crippen LogP contribution in [0.15, 0.2) is 18.3 Å². The van der Waals surface area contributed by atoms with Crippen LogP contribution in [0.2, 0.25) is 0 Å². The number of ether oxygens (including phenoxy) is 1. The number of nitrogens with one attached hydrogen (secondary N) is 1. The van der Waals surface area contributed by atoms with E-state index in [2.05, 4.69) is 10.3 Å². The third-order valence-electron chi connectivity index (χ3n) is 2.62. The van der Waals surface area contributed by atoms with Crippen LogP contribution >= 0.6 is 0 Å². The van der Waals surface area contributed by atoms with Gasteiger partial charge in [0.15, 0.2) is 6.04 Å². The molecule has 116 valence electrons. The first-order chi connectivity index (χ1) is 9.61. The van der Waals surface area contributed by atoms with Crippen molar-refractivity contribution >= 4 is 12.1 Å². The Hall–Kier alpha value is -2.15. The molecule has 0 aliphatic carbocycles. The van der Waals surface area contributed by atoms with Gasteiger partial charge < -0.3 is 20.3 Å². The number of carboxylic acids is 1. The highest BCUT2D eigenvalue weighted by Crippen LogP contribution is 2.20. The van der Waals surface area contributed by atoms with E-state index in [1.54, 1.807) is 39.8 Å². The zero-order chi connectivity index (χ0) is 16.2. The molecular weight excluding hydrogens is 276 g/mol. The van der Waals surface area contributed by atoms with Gasteiger partial charge in [-0.2, -0.15) is 0 Å². The molecule has 0 aliphatic heterocycles. The van der Waals surface area contributed by atoms with Crippen LogP contribution in [0, 0.1) is 6.92 Å². The highest BCUT2D eigenvalue weighted by Gasteiger charge is 2.32. The molecular formula is C14H20N2O5. The molecule has 0 spiro atoms. The largest absolute Gasteiger partial charge is 0.480 e. The molecule has 0 aliphatic rings. The number of amides is 1. The van der Waals surface area contributed by atoms with Gasteiger partial charge >= 0.3 is 12.1 Å². The monoisotopic (exact) mass is 296 g/mol. The van der Waals surface area contributed by atoms with Gasteiger partial charge in [0.1, 0.15) is 11.7 Å². The van der Waals surface area contributed by atoms with E-state index in [-0.39, 0.29) is 0 Å². The minimum Gasteiger partial charge on any atom is -0.480 e. The van der Waals surface area contributed by atoms with Crippen LogP contribution in [0.5, 0.6) is 0 Å².